The number of carbonyl (C=O) groups excluding carboxylic acids is 1. The van der Waals surface area contributed by atoms with Crippen molar-refractivity contribution in [2.75, 3.05) is 0 Å². The zero-order valence-electron chi connectivity index (χ0n) is 15.3. The van der Waals surface area contributed by atoms with Crippen LogP contribution >= 0.6 is 11.6 Å². The van der Waals surface area contributed by atoms with Crippen molar-refractivity contribution in [2.24, 2.45) is 5.73 Å². The van der Waals surface area contributed by atoms with E-state index in [1.807, 2.05) is 43.3 Å². The van der Waals surface area contributed by atoms with E-state index in [9.17, 15) is 4.79 Å². The van der Waals surface area contributed by atoms with Gasteiger partial charge >= 0.3 is 0 Å². The van der Waals surface area contributed by atoms with Gasteiger partial charge in [0.2, 0.25) is 0 Å². The molecule has 0 saturated carbocycles. The van der Waals surface area contributed by atoms with Crippen molar-refractivity contribution in [3.05, 3.63) is 81.6 Å². The number of benzene rings is 2. The average Bonchev–Trinajstić information content (AvgIpc) is 2.94. The predicted molar refractivity (Wildman–Crippen MR) is 108 cm³/mol. The van der Waals surface area contributed by atoms with Crippen LogP contribution in [0.4, 0.5) is 0 Å². The van der Waals surface area contributed by atoms with E-state index in [1.165, 1.54) is 0 Å². The molecule has 0 bridgehead atoms. The Hall–Kier alpha value is -3.03. The normalized spacial score (nSPS) is 10.6. The van der Waals surface area contributed by atoms with Crippen molar-refractivity contribution in [1.29, 1.82) is 5.26 Å². The highest BCUT2D eigenvalue weighted by molar-refractivity contribution is 6.30. The van der Waals surface area contributed by atoms with Gasteiger partial charge in [0.1, 0.15) is 0 Å². The average molecular weight is 378 g/mol. The van der Waals surface area contributed by atoms with Crippen LogP contribution in [0.5, 0.6) is 0 Å². The fraction of sp³-hybridized carbons (Fsp3) is 0.182. The zero-order chi connectivity index (χ0) is 19.6. The summed E-state index contributed by atoms with van der Waals surface area (Å²) in [5.41, 5.74) is 11.5. The van der Waals surface area contributed by atoms with Crippen molar-refractivity contribution >= 4 is 17.5 Å². The first kappa shape index (κ1) is 18.8. The highest BCUT2D eigenvalue weighted by Gasteiger charge is 2.24. The van der Waals surface area contributed by atoms with E-state index < -0.39 is 5.91 Å². The molecule has 0 saturated heterocycles. The lowest BCUT2D eigenvalue weighted by atomic mass is 9.98. The molecule has 0 aliphatic carbocycles. The first-order valence-electron chi connectivity index (χ1n) is 8.73. The van der Waals surface area contributed by atoms with Crippen LogP contribution in [0.1, 0.15) is 39.8 Å². The Morgan fingerprint density at radius 1 is 1.22 bits per heavy atom. The molecule has 0 aliphatic rings. The zero-order valence-corrected chi connectivity index (χ0v) is 16.0. The quantitative estimate of drug-likeness (QED) is 0.700. The van der Waals surface area contributed by atoms with Gasteiger partial charge in [0.25, 0.3) is 5.91 Å². The minimum atomic E-state index is -0.452. The molecule has 136 valence electrons. The summed E-state index contributed by atoms with van der Waals surface area (Å²) >= 11 is 6.13. The Morgan fingerprint density at radius 2 is 1.93 bits per heavy atom. The van der Waals surface area contributed by atoms with E-state index in [1.54, 1.807) is 12.1 Å². The molecule has 27 heavy (non-hydrogen) atoms. The van der Waals surface area contributed by atoms with Crippen LogP contribution in [0.2, 0.25) is 5.02 Å². The predicted octanol–water partition coefficient (Wildman–Crippen LogP) is 4.70. The Bertz CT molecular complexity index is 1040. The third-order valence-corrected chi connectivity index (χ3v) is 4.98. The Kier molecular flexibility index (Phi) is 5.34. The first-order valence-corrected chi connectivity index (χ1v) is 9.10. The van der Waals surface area contributed by atoms with E-state index in [4.69, 9.17) is 22.6 Å². The number of primary amides is 1. The van der Waals surface area contributed by atoms with Gasteiger partial charge in [-0.1, -0.05) is 42.8 Å². The van der Waals surface area contributed by atoms with Crippen molar-refractivity contribution < 1.29 is 4.79 Å². The highest BCUT2D eigenvalue weighted by atomic mass is 35.5. The molecule has 2 N–H and O–H groups in total. The second-order valence-electron chi connectivity index (χ2n) is 6.41. The third kappa shape index (κ3) is 3.60. The summed E-state index contributed by atoms with van der Waals surface area (Å²) in [5.74, 6) is -0.452. The maximum Gasteiger partial charge on any atom is 0.251 e. The number of nitrogens with zero attached hydrogens (tertiary/aromatic N) is 2. The lowest BCUT2D eigenvalue weighted by molar-refractivity contribution is 0.1000. The van der Waals surface area contributed by atoms with Crippen LogP contribution in [0.15, 0.2) is 48.5 Å². The largest absolute Gasteiger partial charge is 0.366 e. The monoisotopic (exact) mass is 377 g/mol. The maximum atomic E-state index is 12.3. The van der Waals surface area contributed by atoms with Gasteiger partial charge in [-0.2, -0.15) is 5.26 Å². The summed E-state index contributed by atoms with van der Waals surface area (Å²) in [6.45, 7) is 4.57. The molecule has 4 nitrogen and oxygen atoms in total. The van der Waals surface area contributed by atoms with Crippen molar-refractivity contribution in [2.45, 2.75) is 26.8 Å². The number of rotatable bonds is 5. The molecule has 5 heteroatoms. The van der Waals surface area contributed by atoms with Gasteiger partial charge in [-0.15, -0.1) is 0 Å². The number of nitriles is 1. The molecule has 0 radical (unpaired) electrons. The molecular weight excluding hydrogens is 358 g/mol. The molecule has 1 aromatic heterocycles. The minimum absolute atomic E-state index is 0.452. The fourth-order valence-electron chi connectivity index (χ4n) is 3.52. The summed E-state index contributed by atoms with van der Waals surface area (Å²) in [6.07, 6.45) is 0.740. The fourth-order valence-corrected chi connectivity index (χ4v) is 3.73. The lowest BCUT2D eigenvalue weighted by Gasteiger charge is -2.12. The van der Waals surface area contributed by atoms with Gasteiger partial charge < -0.3 is 10.3 Å². The number of carbonyl (C=O) groups is 1. The molecule has 0 unspecified atom stereocenters. The minimum Gasteiger partial charge on any atom is -0.366 e. The highest BCUT2D eigenvalue weighted by Crippen LogP contribution is 2.34. The maximum absolute atomic E-state index is 12.3. The van der Waals surface area contributed by atoms with E-state index in [0.717, 1.165) is 34.5 Å². The first-order chi connectivity index (χ1) is 13.0. The van der Waals surface area contributed by atoms with Crippen molar-refractivity contribution in [3.8, 4) is 17.2 Å². The molecule has 0 fully saturated rings. The smallest absolute Gasteiger partial charge is 0.251 e. The van der Waals surface area contributed by atoms with E-state index in [-0.39, 0.29) is 0 Å². The van der Waals surface area contributed by atoms with E-state index in [0.29, 0.717) is 22.7 Å². The van der Waals surface area contributed by atoms with Crippen LogP contribution < -0.4 is 5.73 Å². The van der Waals surface area contributed by atoms with Crippen LogP contribution in [-0.2, 0) is 13.0 Å². The van der Waals surface area contributed by atoms with E-state index >= 15 is 0 Å². The van der Waals surface area contributed by atoms with Gasteiger partial charge in [-0.25, -0.2) is 0 Å². The molecule has 3 rings (SSSR count). The Balaban J connectivity index is 2.20. The summed E-state index contributed by atoms with van der Waals surface area (Å²) in [7, 11) is 0. The van der Waals surface area contributed by atoms with Crippen LogP contribution in [-0.4, -0.2) is 10.5 Å². The molecule has 1 heterocycles. The topological polar surface area (TPSA) is 71.8 Å². The molecular formula is C22H20ClN3O. The van der Waals surface area contributed by atoms with Gasteiger partial charge in [0, 0.05) is 28.5 Å². The number of halogens is 1. The molecule has 0 atom stereocenters. The van der Waals surface area contributed by atoms with Gasteiger partial charge in [-0.3, -0.25) is 4.79 Å². The molecule has 2 aromatic carbocycles. The third-order valence-electron chi connectivity index (χ3n) is 4.74. The van der Waals surface area contributed by atoms with Crippen LogP contribution in [0, 0.1) is 18.3 Å². The number of amides is 1. The molecule has 0 spiro atoms. The second-order valence-corrected chi connectivity index (χ2v) is 6.84. The molecule has 0 aliphatic heterocycles. The van der Waals surface area contributed by atoms with Crippen molar-refractivity contribution in [1.82, 2.24) is 4.57 Å². The summed E-state index contributed by atoms with van der Waals surface area (Å²) in [5, 5.41) is 9.72. The Morgan fingerprint density at radius 3 is 2.48 bits per heavy atom. The van der Waals surface area contributed by atoms with Crippen molar-refractivity contribution in [3.63, 3.8) is 0 Å². The van der Waals surface area contributed by atoms with Gasteiger partial charge in [0.05, 0.1) is 17.2 Å². The van der Waals surface area contributed by atoms with Crippen LogP contribution in [0.3, 0.4) is 0 Å². The number of hydrogen-bond donors (Lipinski definition) is 1. The number of nitrogens with two attached hydrogens (primary N) is 1. The van der Waals surface area contributed by atoms with E-state index in [2.05, 4.69) is 17.6 Å². The molecule has 3 aromatic rings. The van der Waals surface area contributed by atoms with Crippen LogP contribution in [0.25, 0.3) is 11.1 Å². The second kappa shape index (κ2) is 7.69. The summed E-state index contributed by atoms with van der Waals surface area (Å²) in [4.78, 5) is 12.3. The molecule has 1 amide bonds. The number of aromatic nitrogens is 1. The van der Waals surface area contributed by atoms with Gasteiger partial charge in [0.15, 0.2) is 0 Å². The lowest BCUT2D eigenvalue weighted by Crippen LogP contribution is -2.13. The Labute approximate surface area is 163 Å². The summed E-state index contributed by atoms with van der Waals surface area (Å²) < 4.78 is 2.12. The SMILES string of the molecule is CCc1c(-c2ccc(C#N)cc2)c(C(N)=O)c(C)n1Cc1cccc(Cl)c1. The standard InChI is InChI=1S/C22H20ClN3O/c1-3-19-21(17-9-7-15(12-24)8-10-17)20(22(25)27)14(2)26(19)13-16-5-4-6-18(23)11-16/h4-11H,3,13H2,1-2H3,(H2,25,27). The van der Waals surface area contributed by atoms with Gasteiger partial charge in [-0.05, 0) is 48.7 Å². The number of hydrogen-bond acceptors (Lipinski definition) is 2. The summed E-state index contributed by atoms with van der Waals surface area (Å²) in [6, 6.07) is 17.0.